The van der Waals surface area contributed by atoms with Gasteiger partial charge in [0.25, 0.3) is 0 Å². The highest BCUT2D eigenvalue weighted by atomic mass is 16.1. The largest absolute Gasteiger partial charge is 0.289 e. The van der Waals surface area contributed by atoms with Gasteiger partial charge < -0.3 is 0 Å². The molecule has 60 valence electrons. The zero-order valence-electron chi connectivity index (χ0n) is 6.79. The molecular weight excluding hydrogens is 148 g/mol. The van der Waals surface area contributed by atoms with E-state index in [-0.39, 0.29) is 5.78 Å². The third kappa shape index (κ3) is 1.18. The molecule has 1 nitrogen and oxygen atoms in total. The second-order valence-corrected chi connectivity index (χ2v) is 2.98. The van der Waals surface area contributed by atoms with Crippen LogP contribution in [0.1, 0.15) is 12.8 Å². The van der Waals surface area contributed by atoms with Crippen molar-refractivity contribution < 1.29 is 4.79 Å². The molecule has 2 aliphatic rings. The molecule has 1 heteroatoms. The monoisotopic (exact) mass is 158 g/mol. The molecule has 0 amide bonds. The molecule has 2 aliphatic carbocycles. The van der Waals surface area contributed by atoms with Gasteiger partial charge in [-0.1, -0.05) is 36.5 Å². The van der Waals surface area contributed by atoms with Crippen LogP contribution in [0, 0.1) is 0 Å². The number of hydrogen-bond donors (Lipinski definition) is 0. The van der Waals surface area contributed by atoms with E-state index in [2.05, 4.69) is 0 Å². The topological polar surface area (TPSA) is 17.1 Å². The maximum absolute atomic E-state index is 11.6. The fourth-order valence-electron chi connectivity index (χ4n) is 1.44. The normalized spacial score (nSPS) is 19.7. The second kappa shape index (κ2) is 2.94. The van der Waals surface area contributed by atoms with Crippen molar-refractivity contribution in [3.8, 4) is 0 Å². The van der Waals surface area contributed by atoms with Crippen molar-refractivity contribution in [3.05, 3.63) is 47.6 Å². The molecule has 0 aromatic carbocycles. The number of ketones is 1. The minimum Gasteiger partial charge on any atom is -0.289 e. The van der Waals surface area contributed by atoms with Gasteiger partial charge in [0.05, 0.1) is 0 Å². The summed E-state index contributed by atoms with van der Waals surface area (Å²) in [7, 11) is 0. The van der Waals surface area contributed by atoms with Crippen molar-refractivity contribution in [1.82, 2.24) is 0 Å². The first-order chi connectivity index (χ1) is 5.88. The summed E-state index contributed by atoms with van der Waals surface area (Å²) in [6.45, 7) is 0. The van der Waals surface area contributed by atoms with Crippen molar-refractivity contribution in [1.29, 1.82) is 0 Å². The molecule has 0 N–H and O–H groups in total. The van der Waals surface area contributed by atoms with Crippen LogP contribution < -0.4 is 0 Å². The van der Waals surface area contributed by atoms with Gasteiger partial charge in [-0.05, 0) is 12.8 Å². The summed E-state index contributed by atoms with van der Waals surface area (Å²) < 4.78 is 0. The van der Waals surface area contributed by atoms with Crippen molar-refractivity contribution in [2.45, 2.75) is 12.8 Å². The van der Waals surface area contributed by atoms with E-state index in [4.69, 9.17) is 0 Å². The van der Waals surface area contributed by atoms with Crippen LogP contribution in [0.4, 0.5) is 0 Å². The van der Waals surface area contributed by atoms with Gasteiger partial charge >= 0.3 is 0 Å². The van der Waals surface area contributed by atoms with Gasteiger partial charge in [0, 0.05) is 11.1 Å². The summed E-state index contributed by atoms with van der Waals surface area (Å²) in [6.07, 6.45) is 13.3. The van der Waals surface area contributed by atoms with Crippen LogP contribution in [0.5, 0.6) is 0 Å². The SMILES string of the molecule is O=C(C1=CC=CC1)C1=CC=CC1. The molecule has 0 aromatic rings. The van der Waals surface area contributed by atoms with E-state index in [0.717, 1.165) is 24.0 Å². The van der Waals surface area contributed by atoms with Crippen LogP contribution in [0.2, 0.25) is 0 Å². The Morgan fingerprint density at radius 3 is 1.83 bits per heavy atom. The van der Waals surface area contributed by atoms with Crippen molar-refractivity contribution in [2.24, 2.45) is 0 Å². The maximum atomic E-state index is 11.6. The Hall–Kier alpha value is -1.37. The van der Waals surface area contributed by atoms with Gasteiger partial charge in [-0.15, -0.1) is 0 Å². The standard InChI is InChI=1S/C11H10O/c12-11(9-5-1-2-6-9)10-7-3-4-8-10/h1-5,7H,6,8H2. The van der Waals surface area contributed by atoms with Gasteiger partial charge in [0.2, 0.25) is 0 Å². The van der Waals surface area contributed by atoms with E-state index in [1.807, 2.05) is 36.5 Å². The summed E-state index contributed by atoms with van der Waals surface area (Å²) in [5.74, 6) is 0.213. The minimum atomic E-state index is 0.213. The number of carbonyl (C=O) groups excluding carboxylic acids is 1. The fourth-order valence-corrected chi connectivity index (χ4v) is 1.44. The molecule has 0 heterocycles. The predicted octanol–water partition coefficient (Wildman–Crippen LogP) is 2.33. The van der Waals surface area contributed by atoms with Gasteiger partial charge in [-0.25, -0.2) is 0 Å². The molecule has 2 rings (SSSR count). The smallest absolute Gasteiger partial charge is 0.185 e. The average molecular weight is 158 g/mol. The Morgan fingerprint density at radius 2 is 1.50 bits per heavy atom. The highest BCUT2D eigenvalue weighted by molar-refractivity contribution is 6.09. The first-order valence-corrected chi connectivity index (χ1v) is 4.14. The van der Waals surface area contributed by atoms with Crippen molar-refractivity contribution >= 4 is 5.78 Å². The second-order valence-electron chi connectivity index (χ2n) is 2.98. The summed E-state index contributed by atoms with van der Waals surface area (Å²) in [4.78, 5) is 11.6. The van der Waals surface area contributed by atoms with Gasteiger partial charge in [0.1, 0.15) is 0 Å². The van der Waals surface area contributed by atoms with Crippen molar-refractivity contribution in [3.63, 3.8) is 0 Å². The molecule has 0 unspecified atom stereocenters. The van der Waals surface area contributed by atoms with E-state index in [1.165, 1.54) is 0 Å². The van der Waals surface area contributed by atoms with Crippen LogP contribution in [0.15, 0.2) is 47.6 Å². The zero-order chi connectivity index (χ0) is 8.39. The Balaban J connectivity index is 2.11. The molecule has 0 spiro atoms. The van der Waals surface area contributed by atoms with Crippen LogP contribution in [-0.2, 0) is 4.79 Å². The fraction of sp³-hybridized carbons (Fsp3) is 0.182. The molecule has 0 radical (unpaired) electrons. The molecule has 0 fully saturated rings. The third-order valence-electron chi connectivity index (χ3n) is 2.13. The predicted molar refractivity (Wildman–Crippen MR) is 48.7 cm³/mol. The number of carbonyl (C=O) groups is 1. The van der Waals surface area contributed by atoms with Crippen LogP contribution >= 0.6 is 0 Å². The summed E-state index contributed by atoms with van der Waals surface area (Å²) in [6, 6.07) is 0. The number of Topliss-reactive ketones (excluding diaryl/α,β-unsaturated/α-hetero) is 1. The first-order valence-electron chi connectivity index (χ1n) is 4.14. The molecular formula is C11H10O. The molecule has 0 atom stereocenters. The molecule has 0 bridgehead atoms. The molecule has 12 heavy (non-hydrogen) atoms. The van der Waals surface area contributed by atoms with Gasteiger partial charge in [-0.3, -0.25) is 4.79 Å². The third-order valence-corrected chi connectivity index (χ3v) is 2.13. The van der Waals surface area contributed by atoms with E-state index in [0.29, 0.717) is 0 Å². The Labute approximate surface area is 71.8 Å². The average Bonchev–Trinajstić information content (AvgIpc) is 2.77. The van der Waals surface area contributed by atoms with Gasteiger partial charge in [0.15, 0.2) is 5.78 Å². The first kappa shape index (κ1) is 7.29. The summed E-state index contributed by atoms with van der Waals surface area (Å²) in [5.41, 5.74) is 1.84. The Morgan fingerprint density at radius 1 is 1.00 bits per heavy atom. The lowest BCUT2D eigenvalue weighted by Gasteiger charge is -2.00. The van der Waals surface area contributed by atoms with E-state index < -0.39 is 0 Å². The van der Waals surface area contributed by atoms with Crippen LogP contribution in [0.3, 0.4) is 0 Å². The number of rotatable bonds is 2. The number of allylic oxidation sites excluding steroid dienone is 8. The molecule has 0 aromatic heterocycles. The molecule has 0 saturated carbocycles. The minimum absolute atomic E-state index is 0.213. The summed E-state index contributed by atoms with van der Waals surface area (Å²) >= 11 is 0. The Bertz CT molecular complexity index is 295. The highest BCUT2D eigenvalue weighted by Crippen LogP contribution is 2.20. The van der Waals surface area contributed by atoms with E-state index in [9.17, 15) is 4.79 Å². The molecule has 0 saturated heterocycles. The lowest BCUT2D eigenvalue weighted by atomic mass is 10.0. The van der Waals surface area contributed by atoms with E-state index in [1.54, 1.807) is 0 Å². The lowest BCUT2D eigenvalue weighted by Crippen LogP contribution is -2.02. The Kier molecular flexibility index (Phi) is 1.78. The van der Waals surface area contributed by atoms with Crippen molar-refractivity contribution in [2.75, 3.05) is 0 Å². The van der Waals surface area contributed by atoms with Gasteiger partial charge in [-0.2, -0.15) is 0 Å². The number of hydrogen-bond acceptors (Lipinski definition) is 1. The summed E-state index contributed by atoms with van der Waals surface area (Å²) in [5, 5.41) is 0. The van der Waals surface area contributed by atoms with Crippen LogP contribution in [0.25, 0.3) is 0 Å². The van der Waals surface area contributed by atoms with Crippen LogP contribution in [-0.4, -0.2) is 5.78 Å². The maximum Gasteiger partial charge on any atom is 0.185 e. The highest BCUT2D eigenvalue weighted by Gasteiger charge is 2.15. The zero-order valence-corrected chi connectivity index (χ0v) is 6.79. The molecule has 0 aliphatic heterocycles. The van der Waals surface area contributed by atoms with E-state index >= 15 is 0 Å². The lowest BCUT2D eigenvalue weighted by molar-refractivity contribution is -0.112. The quantitative estimate of drug-likeness (QED) is 0.602.